The van der Waals surface area contributed by atoms with E-state index in [2.05, 4.69) is 20.8 Å². The van der Waals surface area contributed by atoms with E-state index >= 15 is 0 Å². The molecule has 0 aliphatic heterocycles. The molecular formula is C26H37ClLiO5P. The van der Waals surface area contributed by atoms with Crippen LogP contribution in [0.1, 0.15) is 69.7 Å². The number of hydrogen-bond donors (Lipinski definition) is 0. The fourth-order valence-corrected chi connectivity index (χ4v) is 4.53. The minimum atomic E-state index is -0.237. The maximum atomic E-state index is 13.4. The number of rotatable bonds is 16. The number of hydrogen-bond acceptors (Lipinski definition) is 5. The first-order chi connectivity index (χ1) is 16.0. The monoisotopic (exact) mass is 502 g/mol. The van der Waals surface area contributed by atoms with E-state index in [4.69, 9.17) is 30.5 Å². The van der Waals surface area contributed by atoms with Crippen molar-refractivity contribution >= 4 is 49.9 Å². The number of carbonyl (C=O) groups is 1. The van der Waals surface area contributed by atoms with Crippen LogP contribution in [0.2, 0.25) is 5.02 Å². The van der Waals surface area contributed by atoms with E-state index in [9.17, 15) is 4.79 Å². The van der Waals surface area contributed by atoms with Crippen molar-refractivity contribution in [3.05, 3.63) is 40.9 Å². The molecule has 0 radical (unpaired) electrons. The molecule has 5 nitrogen and oxygen atoms in total. The van der Waals surface area contributed by atoms with Crippen LogP contribution in [0.4, 0.5) is 0 Å². The molecule has 0 amide bonds. The summed E-state index contributed by atoms with van der Waals surface area (Å²) in [5, 5.41) is 1.10. The zero-order valence-electron chi connectivity index (χ0n) is 20.2. The molecule has 0 saturated heterocycles. The van der Waals surface area contributed by atoms with Gasteiger partial charge < -0.3 is 18.9 Å². The predicted molar refractivity (Wildman–Crippen MR) is 145 cm³/mol. The van der Waals surface area contributed by atoms with Gasteiger partial charge in [0, 0.05) is 12.1 Å². The second-order valence-electron chi connectivity index (χ2n) is 7.67. The van der Waals surface area contributed by atoms with Gasteiger partial charge in [-0.25, -0.2) is 0 Å². The summed E-state index contributed by atoms with van der Waals surface area (Å²) < 4.78 is 23.6. The average Bonchev–Trinajstić information content (AvgIpc) is 2.81. The molecule has 2 aromatic rings. The summed E-state index contributed by atoms with van der Waals surface area (Å²) in [5.74, 6) is 2.41. The summed E-state index contributed by atoms with van der Waals surface area (Å²) in [7, 11) is 1.30. The molecule has 1 unspecified atom stereocenters. The number of unbranched alkanes of at least 4 members (excludes halogenated alkanes) is 3. The molecule has 0 bridgehead atoms. The molecule has 0 fully saturated rings. The van der Waals surface area contributed by atoms with E-state index < -0.39 is 0 Å². The maximum absolute atomic E-state index is 13.4. The van der Waals surface area contributed by atoms with Crippen molar-refractivity contribution in [1.82, 2.24) is 0 Å². The van der Waals surface area contributed by atoms with Gasteiger partial charge in [0.2, 0.25) is 0 Å². The van der Waals surface area contributed by atoms with Crippen molar-refractivity contribution in [3.63, 3.8) is 0 Å². The van der Waals surface area contributed by atoms with Crippen molar-refractivity contribution in [2.45, 2.75) is 59.3 Å². The van der Waals surface area contributed by atoms with E-state index in [1.807, 2.05) is 12.1 Å². The van der Waals surface area contributed by atoms with E-state index in [-0.39, 0.29) is 33.0 Å². The topological polar surface area (TPSA) is 54.0 Å². The first-order valence-corrected chi connectivity index (χ1v) is 13.1. The van der Waals surface area contributed by atoms with Gasteiger partial charge in [-0.05, 0) is 40.0 Å². The Morgan fingerprint density at radius 2 is 1.38 bits per heavy atom. The molecule has 34 heavy (non-hydrogen) atoms. The van der Waals surface area contributed by atoms with Crippen molar-refractivity contribution in [3.8, 4) is 23.0 Å². The number of methoxy groups -OCH3 is 1. The van der Waals surface area contributed by atoms with Crippen LogP contribution in [0, 0.1) is 0 Å². The SMILES string of the molecule is CCCCOc1cc(OCCCC)c(PC(=O)c2c(Cl)cccc2OC)c(OCCCC)c1.[LiH]. The van der Waals surface area contributed by atoms with Gasteiger partial charge in [0.25, 0.3) is 0 Å². The van der Waals surface area contributed by atoms with E-state index in [0.29, 0.717) is 53.4 Å². The molecule has 0 spiro atoms. The standard InChI is InChI=1S/C26H36ClO5P.Li.H/c1-5-8-14-30-19-17-22(31-15-9-6-2)25(23(18-19)32-16-10-7-3)33-26(28)24-20(27)12-11-13-21(24)29-4;;/h11-13,17-18,33H,5-10,14-16H2,1-4H3;;. The number of carbonyl (C=O) groups excluding carboxylic acids is 1. The molecule has 1 atom stereocenters. The summed E-state index contributed by atoms with van der Waals surface area (Å²) in [4.78, 5) is 13.4. The van der Waals surface area contributed by atoms with Crippen molar-refractivity contribution in [2.24, 2.45) is 0 Å². The molecule has 184 valence electrons. The van der Waals surface area contributed by atoms with Crippen LogP contribution < -0.4 is 24.3 Å². The quantitative estimate of drug-likeness (QED) is 0.151. The molecule has 0 aliphatic rings. The van der Waals surface area contributed by atoms with Gasteiger partial charge in [-0.3, -0.25) is 4.79 Å². The first kappa shape index (κ1) is 30.7. The molecule has 0 heterocycles. The fourth-order valence-electron chi connectivity index (χ4n) is 3.06. The second kappa shape index (κ2) is 17.1. The minimum absolute atomic E-state index is 0. The van der Waals surface area contributed by atoms with Crippen LogP contribution in [-0.2, 0) is 0 Å². The van der Waals surface area contributed by atoms with Crippen LogP contribution in [-0.4, -0.2) is 51.3 Å². The Labute approximate surface area is 223 Å². The third-order valence-corrected chi connectivity index (χ3v) is 6.51. The van der Waals surface area contributed by atoms with E-state index in [1.54, 1.807) is 18.2 Å². The third-order valence-electron chi connectivity index (χ3n) is 4.98. The fraction of sp³-hybridized carbons (Fsp3) is 0.500. The molecule has 0 saturated carbocycles. The van der Waals surface area contributed by atoms with Crippen LogP contribution in [0.5, 0.6) is 23.0 Å². The Bertz CT molecular complexity index is 862. The normalized spacial score (nSPS) is 10.7. The third kappa shape index (κ3) is 9.35. The zero-order chi connectivity index (χ0) is 24.1. The van der Waals surface area contributed by atoms with E-state index in [0.717, 1.165) is 43.8 Å². The van der Waals surface area contributed by atoms with Crippen molar-refractivity contribution in [1.29, 1.82) is 0 Å². The van der Waals surface area contributed by atoms with Crippen LogP contribution >= 0.6 is 20.2 Å². The van der Waals surface area contributed by atoms with Crippen molar-refractivity contribution < 1.29 is 23.7 Å². The second-order valence-corrected chi connectivity index (χ2v) is 9.28. The number of benzene rings is 2. The molecule has 0 aliphatic carbocycles. The number of ether oxygens (including phenoxy) is 4. The number of halogens is 1. The van der Waals surface area contributed by atoms with Crippen LogP contribution in [0.25, 0.3) is 0 Å². The molecule has 2 aromatic carbocycles. The summed E-state index contributed by atoms with van der Waals surface area (Å²) in [6.45, 7) is 8.10. The molecule has 8 heteroatoms. The Morgan fingerprint density at radius 3 is 1.88 bits per heavy atom. The Hall–Kier alpha value is -1.37. The first-order valence-electron chi connectivity index (χ1n) is 11.8. The summed E-state index contributed by atoms with van der Waals surface area (Å²) >= 11 is 6.37. The van der Waals surface area contributed by atoms with Gasteiger partial charge in [-0.15, -0.1) is 0 Å². The molecule has 2 rings (SSSR count). The summed E-state index contributed by atoms with van der Waals surface area (Å²) in [6.07, 6.45) is 5.88. The van der Waals surface area contributed by atoms with Crippen molar-refractivity contribution in [2.75, 3.05) is 26.9 Å². The van der Waals surface area contributed by atoms with Gasteiger partial charge in [0.1, 0.15) is 23.0 Å². The summed E-state index contributed by atoms with van der Waals surface area (Å²) in [6, 6.07) is 8.95. The van der Waals surface area contributed by atoms with Gasteiger partial charge in [-0.2, -0.15) is 0 Å². The van der Waals surface area contributed by atoms with Crippen LogP contribution in [0.3, 0.4) is 0 Å². The van der Waals surface area contributed by atoms with Crippen LogP contribution in [0.15, 0.2) is 30.3 Å². The Balaban J connectivity index is 0.00000578. The van der Waals surface area contributed by atoms with E-state index in [1.165, 1.54) is 7.11 Å². The van der Waals surface area contributed by atoms with Gasteiger partial charge >= 0.3 is 18.9 Å². The van der Waals surface area contributed by atoms with Gasteiger partial charge in [0.05, 0.1) is 42.8 Å². The zero-order valence-corrected chi connectivity index (χ0v) is 21.9. The molecule has 0 N–H and O–H groups in total. The average molecular weight is 503 g/mol. The molecule has 0 aromatic heterocycles. The van der Waals surface area contributed by atoms with Gasteiger partial charge in [0.15, 0.2) is 5.52 Å². The Kier molecular flexibility index (Phi) is 15.4. The predicted octanol–water partition coefficient (Wildman–Crippen LogP) is 6.38. The molecular weight excluding hydrogens is 466 g/mol. The Morgan fingerprint density at radius 1 is 0.853 bits per heavy atom. The van der Waals surface area contributed by atoms with Gasteiger partial charge in [-0.1, -0.05) is 57.7 Å². The summed E-state index contributed by atoms with van der Waals surface area (Å²) in [5.41, 5.74) is 0.250.